The van der Waals surface area contributed by atoms with Crippen LogP contribution in [0.3, 0.4) is 0 Å². The molecule has 6 heteroatoms. The van der Waals surface area contributed by atoms with Crippen molar-refractivity contribution in [2.45, 2.75) is 38.4 Å². The topological polar surface area (TPSA) is 63.2 Å². The van der Waals surface area contributed by atoms with E-state index < -0.39 is 21.2 Å². The number of nitrogens with one attached hydrogen (secondary N) is 1. The zero-order valence-corrected chi connectivity index (χ0v) is 11.6. The molecule has 1 N–H and O–H groups in total. The van der Waals surface area contributed by atoms with E-state index in [0.717, 1.165) is 4.88 Å². The third-order valence-corrected chi connectivity index (χ3v) is 5.38. The highest BCUT2D eigenvalue weighted by atomic mass is 32.2. The molecule has 1 rings (SSSR count). The quantitative estimate of drug-likeness (QED) is 0.862. The summed E-state index contributed by atoms with van der Waals surface area (Å²) in [6, 6.07) is 3.84. The first-order valence-electron chi connectivity index (χ1n) is 5.52. The molecule has 0 aliphatic carbocycles. The third-order valence-electron chi connectivity index (χ3n) is 2.54. The summed E-state index contributed by atoms with van der Waals surface area (Å²) < 4.78 is 25.3. The largest absolute Gasteiger partial charge is 0.274 e. The van der Waals surface area contributed by atoms with E-state index in [0.29, 0.717) is 12.8 Å². The van der Waals surface area contributed by atoms with E-state index in [1.165, 1.54) is 0 Å². The Bertz CT molecular complexity index is 451. The minimum atomic E-state index is -3.50. The van der Waals surface area contributed by atoms with E-state index in [1.807, 2.05) is 17.5 Å². The van der Waals surface area contributed by atoms with Crippen molar-refractivity contribution in [3.63, 3.8) is 0 Å². The van der Waals surface area contributed by atoms with Gasteiger partial charge < -0.3 is 0 Å². The van der Waals surface area contributed by atoms with Crippen LogP contribution in [0.25, 0.3) is 0 Å². The lowest BCUT2D eigenvalue weighted by atomic mass is 10.2. The maximum atomic E-state index is 11.6. The van der Waals surface area contributed by atoms with E-state index in [9.17, 15) is 13.2 Å². The number of carbonyl (C=O) groups is 1. The Kier molecular flexibility index (Phi) is 5.14. The molecule has 0 aromatic carbocycles. The standard InChI is InChI=1S/C11H17NO3S2/c1-3-9(2)17(14,15)12-11(13)7-6-10-5-4-8-16-10/h4-5,8-9H,3,6-7H2,1-2H3,(H,12,13)/t9-/m1/s1. The second-order valence-electron chi connectivity index (χ2n) is 3.87. The number of hydrogen-bond donors (Lipinski definition) is 1. The number of hydrogen-bond acceptors (Lipinski definition) is 4. The summed E-state index contributed by atoms with van der Waals surface area (Å²) in [6.45, 7) is 3.37. The fourth-order valence-electron chi connectivity index (χ4n) is 1.22. The summed E-state index contributed by atoms with van der Waals surface area (Å²) in [5.74, 6) is -0.432. The lowest BCUT2D eigenvalue weighted by Crippen LogP contribution is -2.36. The van der Waals surface area contributed by atoms with Crippen molar-refractivity contribution in [3.8, 4) is 0 Å². The molecule has 1 aromatic rings. The minimum absolute atomic E-state index is 0.205. The van der Waals surface area contributed by atoms with Crippen molar-refractivity contribution in [3.05, 3.63) is 22.4 Å². The van der Waals surface area contributed by atoms with Crippen molar-refractivity contribution in [1.29, 1.82) is 0 Å². The predicted molar refractivity (Wildman–Crippen MR) is 69.5 cm³/mol. The van der Waals surface area contributed by atoms with Gasteiger partial charge in [-0.25, -0.2) is 8.42 Å². The van der Waals surface area contributed by atoms with E-state index in [1.54, 1.807) is 25.2 Å². The lowest BCUT2D eigenvalue weighted by Gasteiger charge is -2.11. The van der Waals surface area contributed by atoms with Crippen molar-refractivity contribution in [2.24, 2.45) is 0 Å². The van der Waals surface area contributed by atoms with Gasteiger partial charge in [-0.05, 0) is 31.2 Å². The van der Waals surface area contributed by atoms with Gasteiger partial charge in [-0.1, -0.05) is 13.0 Å². The number of sulfonamides is 1. The highest BCUT2D eigenvalue weighted by Gasteiger charge is 2.20. The normalized spacial score (nSPS) is 13.3. The fraction of sp³-hybridized carbons (Fsp3) is 0.545. The van der Waals surface area contributed by atoms with Crippen molar-refractivity contribution < 1.29 is 13.2 Å². The summed E-state index contributed by atoms with van der Waals surface area (Å²) in [6.07, 6.45) is 1.28. The molecule has 1 heterocycles. The van der Waals surface area contributed by atoms with E-state index >= 15 is 0 Å². The van der Waals surface area contributed by atoms with Crippen LogP contribution in [0.2, 0.25) is 0 Å². The molecule has 0 radical (unpaired) electrons. The Labute approximate surface area is 106 Å². The maximum Gasteiger partial charge on any atom is 0.237 e. The lowest BCUT2D eigenvalue weighted by molar-refractivity contribution is -0.119. The molecule has 17 heavy (non-hydrogen) atoms. The first kappa shape index (κ1) is 14.2. The second kappa shape index (κ2) is 6.16. The summed E-state index contributed by atoms with van der Waals surface area (Å²) in [5.41, 5.74) is 0. The molecule has 1 atom stereocenters. The third kappa shape index (κ3) is 4.47. The average Bonchev–Trinajstić information content (AvgIpc) is 2.77. The van der Waals surface area contributed by atoms with Crippen molar-refractivity contribution in [2.75, 3.05) is 0 Å². The van der Waals surface area contributed by atoms with Crippen LogP contribution in [-0.2, 0) is 21.2 Å². The zero-order chi connectivity index (χ0) is 12.9. The van der Waals surface area contributed by atoms with Gasteiger partial charge in [0.05, 0.1) is 5.25 Å². The molecule has 0 saturated heterocycles. The van der Waals surface area contributed by atoms with Gasteiger partial charge in [-0.15, -0.1) is 11.3 Å². The zero-order valence-electron chi connectivity index (χ0n) is 9.97. The molecule has 0 spiro atoms. The summed E-state index contributed by atoms with van der Waals surface area (Å²) in [7, 11) is -3.50. The predicted octanol–water partition coefficient (Wildman–Crippen LogP) is 1.93. The van der Waals surface area contributed by atoms with E-state index in [-0.39, 0.29) is 6.42 Å². The highest BCUT2D eigenvalue weighted by Crippen LogP contribution is 2.11. The van der Waals surface area contributed by atoms with E-state index in [4.69, 9.17) is 0 Å². The fourth-order valence-corrected chi connectivity index (χ4v) is 2.99. The molecular weight excluding hydrogens is 258 g/mol. The van der Waals surface area contributed by atoms with Gasteiger partial charge in [-0.3, -0.25) is 9.52 Å². The van der Waals surface area contributed by atoms with Crippen LogP contribution >= 0.6 is 11.3 Å². The Morgan fingerprint density at radius 1 is 1.53 bits per heavy atom. The molecule has 1 amide bonds. The van der Waals surface area contributed by atoms with Crippen molar-refractivity contribution >= 4 is 27.3 Å². The number of amides is 1. The second-order valence-corrected chi connectivity index (χ2v) is 7.00. The molecule has 0 bridgehead atoms. The van der Waals surface area contributed by atoms with Crippen molar-refractivity contribution in [1.82, 2.24) is 4.72 Å². The van der Waals surface area contributed by atoms with Crippen LogP contribution in [0, 0.1) is 0 Å². The van der Waals surface area contributed by atoms with Gasteiger partial charge in [0.1, 0.15) is 0 Å². The molecule has 96 valence electrons. The molecular formula is C11H17NO3S2. The van der Waals surface area contributed by atoms with Crippen LogP contribution < -0.4 is 4.72 Å². The summed E-state index contributed by atoms with van der Waals surface area (Å²) in [4.78, 5) is 12.6. The average molecular weight is 275 g/mol. The highest BCUT2D eigenvalue weighted by molar-refractivity contribution is 7.90. The van der Waals surface area contributed by atoms with Crippen LogP contribution in [0.1, 0.15) is 31.6 Å². The maximum absolute atomic E-state index is 11.6. The van der Waals surface area contributed by atoms with Gasteiger partial charge >= 0.3 is 0 Å². The number of rotatable bonds is 6. The smallest absolute Gasteiger partial charge is 0.237 e. The first-order chi connectivity index (χ1) is 7.95. The first-order valence-corrected chi connectivity index (χ1v) is 7.95. The van der Waals surface area contributed by atoms with Gasteiger partial charge in [0.25, 0.3) is 0 Å². The molecule has 0 saturated carbocycles. The Hall–Kier alpha value is -0.880. The Balaban J connectivity index is 2.45. The Morgan fingerprint density at radius 3 is 2.76 bits per heavy atom. The monoisotopic (exact) mass is 275 g/mol. The number of thiophene rings is 1. The SMILES string of the molecule is CC[C@@H](C)S(=O)(=O)NC(=O)CCc1cccs1. The van der Waals surface area contributed by atoms with Crippen LogP contribution in [0.4, 0.5) is 0 Å². The van der Waals surface area contributed by atoms with Gasteiger partial charge in [0.15, 0.2) is 0 Å². The molecule has 0 fully saturated rings. The molecule has 0 aliphatic rings. The van der Waals surface area contributed by atoms with E-state index in [2.05, 4.69) is 4.72 Å². The minimum Gasteiger partial charge on any atom is -0.274 e. The van der Waals surface area contributed by atoms with Crippen LogP contribution in [-0.4, -0.2) is 19.6 Å². The molecule has 4 nitrogen and oxygen atoms in total. The molecule has 0 unspecified atom stereocenters. The Morgan fingerprint density at radius 2 is 2.24 bits per heavy atom. The summed E-state index contributed by atoms with van der Waals surface area (Å²) in [5, 5.41) is 1.40. The van der Waals surface area contributed by atoms with Gasteiger partial charge in [-0.2, -0.15) is 0 Å². The van der Waals surface area contributed by atoms with Gasteiger partial charge in [0.2, 0.25) is 15.9 Å². The number of aryl methyl sites for hydroxylation is 1. The molecule has 0 aliphatic heterocycles. The number of carbonyl (C=O) groups excluding carboxylic acids is 1. The van der Waals surface area contributed by atoms with Gasteiger partial charge in [0, 0.05) is 11.3 Å². The summed E-state index contributed by atoms with van der Waals surface area (Å²) >= 11 is 1.56. The van der Waals surface area contributed by atoms with Crippen LogP contribution in [0.5, 0.6) is 0 Å². The van der Waals surface area contributed by atoms with Crippen LogP contribution in [0.15, 0.2) is 17.5 Å². The molecule has 1 aromatic heterocycles.